The summed E-state index contributed by atoms with van der Waals surface area (Å²) in [5.74, 6) is -1.60. The van der Waals surface area contributed by atoms with Gasteiger partial charge < -0.3 is 40.5 Å². The van der Waals surface area contributed by atoms with Crippen LogP contribution in [-0.2, 0) is 33.3 Å². The zero-order valence-corrected chi connectivity index (χ0v) is 15.0. The van der Waals surface area contributed by atoms with Gasteiger partial charge in [-0.2, -0.15) is 0 Å². The Morgan fingerprint density at radius 2 is 2.04 bits per heavy atom. The highest BCUT2D eigenvalue weighted by atomic mass is 16.8. The van der Waals surface area contributed by atoms with E-state index in [1.807, 2.05) is 0 Å². The number of hydrogen-bond acceptors (Lipinski definition) is 9. The predicted octanol–water partition coefficient (Wildman–Crippen LogP) is -1.86. The third-order valence-electron chi connectivity index (χ3n) is 3.94. The first kappa shape index (κ1) is 20.3. The molecule has 0 aromatic carbocycles. The molecular weight excluding hydrogens is 364 g/mol. The van der Waals surface area contributed by atoms with E-state index in [4.69, 9.17) is 30.4 Å². The Balaban J connectivity index is 2.44. The Labute approximate surface area is 154 Å². The highest BCUT2D eigenvalue weighted by Crippen LogP contribution is 2.28. The molecule has 2 aliphatic rings. The predicted molar refractivity (Wildman–Crippen MR) is 89.2 cm³/mol. The molecule has 1 fully saturated rings. The van der Waals surface area contributed by atoms with Crippen LogP contribution in [-0.4, -0.2) is 75.2 Å². The maximum Gasteiger partial charge on any atom is 0.508 e. The summed E-state index contributed by atoms with van der Waals surface area (Å²) in [4.78, 5) is 39.0. The van der Waals surface area contributed by atoms with E-state index < -0.39 is 48.4 Å². The molecule has 1 saturated heterocycles. The maximum atomic E-state index is 12.0. The number of carbonyl (C=O) groups excluding carboxylic acids is 3. The Hall–Kier alpha value is -3.02. The van der Waals surface area contributed by atoms with E-state index in [2.05, 4.69) is 15.0 Å². The van der Waals surface area contributed by atoms with E-state index in [0.29, 0.717) is 0 Å². The number of nitrogens with zero attached hydrogens (tertiary/aromatic N) is 1. The average Bonchev–Trinajstić information content (AvgIpc) is 3.02. The van der Waals surface area contributed by atoms with Crippen molar-refractivity contribution in [3.8, 4) is 0 Å². The molecule has 5 N–H and O–H groups in total. The van der Waals surface area contributed by atoms with E-state index in [0.717, 1.165) is 0 Å². The van der Waals surface area contributed by atoms with Crippen molar-refractivity contribution in [2.45, 2.75) is 37.3 Å². The molecule has 0 aromatic rings. The van der Waals surface area contributed by atoms with Crippen molar-refractivity contribution in [1.82, 2.24) is 5.32 Å². The number of esters is 1. The van der Waals surface area contributed by atoms with Crippen molar-refractivity contribution < 1.29 is 38.1 Å². The fourth-order valence-corrected chi connectivity index (χ4v) is 2.89. The summed E-state index contributed by atoms with van der Waals surface area (Å²) in [7, 11) is 2.54. The number of guanidine groups is 1. The summed E-state index contributed by atoms with van der Waals surface area (Å²) in [5.41, 5.74) is 10.9. The normalized spacial score (nSPS) is 28.0. The molecule has 27 heavy (non-hydrogen) atoms. The molecule has 0 aromatic heterocycles. The van der Waals surface area contributed by atoms with Gasteiger partial charge in [-0.05, 0) is 6.08 Å². The third kappa shape index (κ3) is 4.78. The topological polar surface area (TPSA) is 174 Å². The van der Waals surface area contributed by atoms with Crippen LogP contribution in [0.15, 0.2) is 16.8 Å². The second kappa shape index (κ2) is 8.58. The molecule has 1 amide bonds. The fourth-order valence-electron chi connectivity index (χ4n) is 2.89. The van der Waals surface area contributed by atoms with Gasteiger partial charge in [-0.25, -0.2) is 14.6 Å². The number of ether oxygens (including phenoxy) is 5. The van der Waals surface area contributed by atoms with Crippen molar-refractivity contribution in [1.29, 1.82) is 0 Å². The van der Waals surface area contributed by atoms with Gasteiger partial charge in [0.15, 0.2) is 18.2 Å². The Morgan fingerprint density at radius 1 is 1.33 bits per heavy atom. The second-order valence-corrected chi connectivity index (χ2v) is 5.79. The van der Waals surface area contributed by atoms with Crippen LogP contribution < -0.4 is 16.8 Å². The summed E-state index contributed by atoms with van der Waals surface area (Å²) in [6.07, 6.45) is -2.27. The lowest BCUT2D eigenvalue weighted by atomic mass is 9.92. The van der Waals surface area contributed by atoms with Crippen LogP contribution in [0.2, 0.25) is 0 Å². The largest absolute Gasteiger partial charge is 0.508 e. The molecule has 0 saturated carbocycles. The Kier molecular flexibility index (Phi) is 6.45. The van der Waals surface area contributed by atoms with Gasteiger partial charge in [-0.3, -0.25) is 4.79 Å². The second-order valence-electron chi connectivity index (χ2n) is 5.79. The van der Waals surface area contributed by atoms with Gasteiger partial charge in [-0.15, -0.1) is 0 Å². The Bertz CT molecular complexity index is 660. The molecule has 0 aliphatic carbocycles. The molecule has 2 heterocycles. The minimum atomic E-state index is -0.995. The molecule has 0 radical (unpaired) electrons. The van der Waals surface area contributed by atoms with Crippen LogP contribution in [0.3, 0.4) is 0 Å². The molecule has 0 spiro atoms. The smallest absolute Gasteiger partial charge is 0.478 e. The third-order valence-corrected chi connectivity index (χ3v) is 3.94. The summed E-state index contributed by atoms with van der Waals surface area (Å²) in [5, 5.41) is 2.67. The van der Waals surface area contributed by atoms with E-state index in [1.165, 1.54) is 27.2 Å². The number of hydrogen-bond donors (Lipinski definition) is 3. The monoisotopic (exact) mass is 386 g/mol. The van der Waals surface area contributed by atoms with Crippen molar-refractivity contribution >= 4 is 24.0 Å². The average molecular weight is 386 g/mol. The number of nitrogens with one attached hydrogen (secondary N) is 1. The van der Waals surface area contributed by atoms with Crippen molar-refractivity contribution in [2.75, 3.05) is 20.8 Å². The number of methoxy groups -OCH3 is 2. The van der Waals surface area contributed by atoms with Crippen LogP contribution >= 0.6 is 0 Å². The zero-order chi connectivity index (χ0) is 20.1. The van der Waals surface area contributed by atoms with E-state index in [1.54, 1.807) is 0 Å². The van der Waals surface area contributed by atoms with Crippen LogP contribution in [0, 0.1) is 0 Å². The summed E-state index contributed by atoms with van der Waals surface area (Å²) in [6.45, 7) is 1.21. The fraction of sp³-hybridized carbons (Fsp3) is 0.600. The molecule has 2 rings (SSSR count). The van der Waals surface area contributed by atoms with Gasteiger partial charge in [0, 0.05) is 14.0 Å². The SMILES string of the molecule is COC(=O)C1=C[C@H](N=C(N)N)[C@@H](NC(C)=O)[C@H]([C@H](OC)[C@H]2COC(=O)O2)O1. The molecular formula is C15H22N4O8. The molecule has 12 heteroatoms. The molecule has 0 bridgehead atoms. The zero-order valence-electron chi connectivity index (χ0n) is 15.0. The lowest BCUT2D eigenvalue weighted by Gasteiger charge is -2.39. The number of rotatable bonds is 6. The highest BCUT2D eigenvalue weighted by molar-refractivity contribution is 5.87. The summed E-state index contributed by atoms with van der Waals surface area (Å²) < 4.78 is 25.7. The first-order chi connectivity index (χ1) is 12.8. The van der Waals surface area contributed by atoms with Gasteiger partial charge in [-0.1, -0.05) is 0 Å². The van der Waals surface area contributed by atoms with Gasteiger partial charge in [0.25, 0.3) is 0 Å². The van der Waals surface area contributed by atoms with Crippen molar-refractivity contribution in [3.05, 3.63) is 11.8 Å². The summed E-state index contributed by atoms with van der Waals surface area (Å²) >= 11 is 0. The quantitative estimate of drug-likeness (QED) is 0.267. The number of carbonyl (C=O) groups is 3. The van der Waals surface area contributed by atoms with E-state index >= 15 is 0 Å². The first-order valence-electron chi connectivity index (χ1n) is 7.95. The maximum absolute atomic E-state index is 12.0. The van der Waals surface area contributed by atoms with Crippen LogP contribution in [0.5, 0.6) is 0 Å². The van der Waals surface area contributed by atoms with Crippen molar-refractivity contribution in [3.63, 3.8) is 0 Å². The lowest BCUT2D eigenvalue weighted by molar-refractivity contribution is -0.148. The van der Waals surface area contributed by atoms with E-state index in [9.17, 15) is 14.4 Å². The number of amides is 1. The number of cyclic esters (lactones) is 2. The summed E-state index contributed by atoms with van der Waals surface area (Å²) in [6, 6.07) is -1.69. The molecule has 150 valence electrons. The standard InChI is InChI=1S/C15H22N4O8/c1-6(20)18-10-7(19-14(16)17)4-8(13(21)24-3)26-12(10)11(23-2)9-5-25-15(22)27-9/h4,7,9-12H,5H2,1-3H3,(H,18,20)(H4,16,17,19)/t7-,9+,10+,11+,12+/m0/s1. The van der Waals surface area contributed by atoms with Crippen LogP contribution in [0.4, 0.5) is 4.79 Å². The molecule has 5 atom stereocenters. The van der Waals surface area contributed by atoms with E-state index in [-0.39, 0.29) is 18.3 Å². The van der Waals surface area contributed by atoms with Gasteiger partial charge in [0.1, 0.15) is 12.7 Å². The van der Waals surface area contributed by atoms with Crippen LogP contribution in [0.1, 0.15) is 6.92 Å². The van der Waals surface area contributed by atoms with Crippen molar-refractivity contribution in [2.24, 2.45) is 16.5 Å². The molecule has 2 aliphatic heterocycles. The Morgan fingerprint density at radius 3 is 2.52 bits per heavy atom. The van der Waals surface area contributed by atoms with Gasteiger partial charge in [0.2, 0.25) is 11.7 Å². The first-order valence-corrected chi connectivity index (χ1v) is 7.95. The highest BCUT2D eigenvalue weighted by Gasteiger charge is 2.48. The van der Waals surface area contributed by atoms with Crippen LogP contribution in [0.25, 0.3) is 0 Å². The van der Waals surface area contributed by atoms with Gasteiger partial charge in [0.05, 0.1) is 19.2 Å². The minimum absolute atomic E-state index is 0.0891. The minimum Gasteiger partial charge on any atom is -0.478 e. The number of nitrogens with two attached hydrogens (primary N) is 2. The molecule has 0 unspecified atom stereocenters. The van der Waals surface area contributed by atoms with Gasteiger partial charge >= 0.3 is 12.1 Å². The lowest BCUT2D eigenvalue weighted by Crippen LogP contribution is -2.60. The number of aliphatic imine (C=N–C) groups is 1. The molecule has 12 nitrogen and oxygen atoms in total.